The number of nitrogens with zero attached hydrogens (tertiary/aromatic N) is 3. The van der Waals surface area contributed by atoms with Crippen LogP contribution in [-0.2, 0) is 6.42 Å². The summed E-state index contributed by atoms with van der Waals surface area (Å²) < 4.78 is 5.19. The number of carbonyl (C=O) groups excluding carboxylic acids is 1. The molecule has 2 heterocycles. The van der Waals surface area contributed by atoms with E-state index in [-0.39, 0.29) is 11.6 Å². The molecule has 3 aromatic rings. The molecular weight excluding hydrogens is 324 g/mol. The molecule has 0 aliphatic carbocycles. The molecule has 112 valence electrons. The Morgan fingerprint density at radius 2 is 2.09 bits per heavy atom. The number of amides is 1. The highest BCUT2D eigenvalue weighted by Crippen LogP contribution is 2.23. The van der Waals surface area contributed by atoms with Crippen LogP contribution in [0.5, 0.6) is 0 Å². The van der Waals surface area contributed by atoms with Crippen LogP contribution in [0.4, 0.5) is 5.13 Å². The number of benzene rings is 1. The fourth-order valence-corrected chi connectivity index (χ4v) is 2.54. The van der Waals surface area contributed by atoms with Crippen molar-refractivity contribution in [2.24, 2.45) is 0 Å². The zero-order chi connectivity index (χ0) is 15.5. The first-order valence-electron chi connectivity index (χ1n) is 6.52. The van der Waals surface area contributed by atoms with Gasteiger partial charge in [0, 0.05) is 16.7 Å². The lowest BCUT2D eigenvalue weighted by Crippen LogP contribution is -2.11. The molecule has 2 aromatic heterocycles. The fraction of sp³-hybridized carbons (Fsp3) is 0.143. The van der Waals surface area contributed by atoms with Gasteiger partial charge in [-0.25, -0.2) is 0 Å². The lowest BCUT2D eigenvalue weighted by molar-refractivity contribution is 0.101. The molecule has 3 rings (SSSR count). The van der Waals surface area contributed by atoms with Crippen molar-refractivity contribution in [2.45, 2.75) is 13.3 Å². The van der Waals surface area contributed by atoms with Gasteiger partial charge in [-0.05, 0) is 30.7 Å². The monoisotopic (exact) mass is 334 g/mol. The lowest BCUT2D eigenvalue weighted by Gasteiger charge is -1.95. The Kier molecular flexibility index (Phi) is 4.17. The Morgan fingerprint density at radius 3 is 2.77 bits per heavy atom. The Hall–Kier alpha value is -2.25. The number of anilines is 1. The summed E-state index contributed by atoms with van der Waals surface area (Å²) in [6, 6.07) is 8.64. The lowest BCUT2D eigenvalue weighted by atomic mass is 10.1. The minimum absolute atomic E-state index is 0.179. The van der Waals surface area contributed by atoms with Crippen LogP contribution in [0.3, 0.4) is 0 Å². The standard InChI is InChI=1S/C14H11ClN4O2S/c1-2-12-17-18-14(22-12)16-13(20)10-7-11(21-19-10)8-3-5-9(15)6-4-8/h3-7H,2H2,1H3,(H,16,18,20). The summed E-state index contributed by atoms with van der Waals surface area (Å²) in [6.07, 6.45) is 0.776. The van der Waals surface area contributed by atoms with E-state index in [1.807, 2.05) is 6.92 Å². The number of rotatable bonds is 4. The van der Waals surface area contributed by atoms with Crippen molar-refractivity contribution in [3.63, 3.8) is 0 Å². The highest BCUT2D eigenvalue weighted by Gasteiger charge is 2.15. The minimum Gasteiger partial charge on any atom is -0.355 e. The van der Waals surface area contributed by atoms with E-state index in [9.17, 15) is 4.79 Å². The van der Waals surface area contributed by atoms with Crippen LogP contribution < -0.4 is 5.32 Å². The molecule has 1 N–H and O–H groups in total. The van der Waals surface area contributed by atoms with Crippen LogP contribution in [0.2, 0.25) is 5.02 Å². The van der Waals surface area contributed by atoms with Gasteiger partial charge in [-0.3, -0.25) is 10.1 Å². The van der Waals surface area contributed by atoms with Crippen LogP contribution in [0.15, 0.2) is 34.9 Å². The number of hydrogen-bond acceptors (Lipinski definition) is 6. The third-order valence-electron chi connectivity index (χ3n) is 2.86. The van der Waals surface area contributed by atoms with Gasteiger partial charge in [-0.1, -0.05) is 35.0 Å². The maximum atomic E-state index is 12.1. The van der Waals surface area contributed by atoms with Crippen molar-refractivity contribution < 1.29 is 9.32 Å². The molecule has 0 fully saturated rings. The second-order valence-corrected chi connectivity index (χ2v) is 5.89. The zero-order valence-electron chi connectivity index (χ0n) is 11.5. The number of aryl methyl sites for hydroxylation is 1. The van der Waals surface area contributed by atoms with E-state index in [1.54, 1.807) is 30.3 Å². The molecule has 0 spiro atoms. The summed E-state index contributed by atoms with van der Waals surface area (Å²) >= 11 is 7.17. The molecule has 0 aliphatic heterocycles. The third-order valence-corrected chi connectivity index (χ3v) is 4.10. The van der Waals surface area contributed by atoms with Gasteiger partial charge in [-0.2, -0.15) is 0 Å². The largest absolute Gasteiger partial charge is 0.355 e. The summed E-state index contributed by atoms with van der Waals surface area (Å²) in [6.45, 7) is 1.97. The molecule has 1 amide bonds. The Bertz CT molecular complexity index is 797. The molecule has 8 heteroatoms. The van der Waals surface area contributed by atoms with Gasteiger partial charge in [0.1, 0.15) is 5.01 Å². The first kappa shape index (κ1) is 14.7. The van der Waals surface area contributed by atoms with Gasteiger partial charge < -0.3 is 4.52 Å². The summed E-state index contributed by atoms with van der Waals surface area (Å²) in [7, 11) is 0. The van der Waals surface area contributed by atoms with E-state index >= 15 is 0 Å². The maximum absolute atomic E-state index is 12.1. The highest BCUT2D eigenvalue weighted by molar-refractivity contribution is 7.15. The van der Waals surface area contributed by atoms with Crippen molar-refractivity contribution in [2.75, 3.05) is 5.32 Å². The Balaban J connectivity index is 1.75. The van der Waals surface area contributed by atoms with E-state index in [2.05, 4.69) is 20.7 Å². The summed E-state index contributed by atoms with van der Waals surface area (Å²) in [5.41, 5.74) is 0.971. The van der Waals surface area contributed by atoms with Gasteiger partial charge in [0.15, 0.2) is 11.5 Å². The van der Waals surface area contributed by atoms with Crippen LogP contribution in [0.1, 0.15) is 22.4 Å². The smallest absolute Gasteiger partial charge is 0.279 e. The number of aromatic nitrogens is 3. The van der Waals surface area contributed by atoms with Crippen LogP contribution in [-0.4, -0.2) is 21.3 Å². The van der Waals surface area contributed by atoms with Crippen LogP contribution in [0, 0.1) is 0 Å². The van der Waals surface area contributed by atoms with Crippen molar-refractivity contribution in [1.29, 1.82) is 0 Å². The van der Waals surface area contributed by atoms with Gasteiger partial charge in [0.2, 0.25) is 5.13 Å². The first-order chi connectivity index (χ1) is 10.7. The molecule has 0 radical (unpaired) electrons. The van der Waals surface area contributed by atoms with E-state index in [0.717, 1.165) is 17.0 Å². The van der Waals surface area contributed by atoms with Crippen LogP contribution >= 0.6 is 22.9 Å². The fourth-order valence-electron chi connectivity index (χ4n) is 1.74. The predicted molar refractivity (Wildman–Crippen MR) is 84.2 cm³/mol. The number of halogens is 1. The van der Waals surface area contributed by atoms with Crippen molar-refractivity contribution in [3.05, 3.63) is 46.1 Å². The molecule has 0 unspecified atom stereocenters. The average Bonchev–Trinajstić information content (AvgIpc) is 3.17. The van der Waals surface area contributed by atoms with E-state index in [0.29, 0.717) is 15.9 Å². The Labute approximate surface area is 135 Å². The highest BCUT2D eigenvalue weighted by atomic mass is 35.5. The molecule has 6 nitrogen and oxygen atoms in total. The van der Waals surface area contributed by atoms with E-state index in [4.69, 9.17) is 16.1 Å². The van der Waals surface area contributed by atoms with Crippen molar-refractivity contribution in [3.8, 4) is 11.3 Å². The van der Waals surface area contributed by atoms with E-state index < -0.39 is 0 Å². The minimum atomic E-state index is -0.386. The van der Waals surface area contributed by atoms with Gasteiger partial charge in [0.05, 0.1) is 0 Å². The second-order valence-electron chi connectivity index (χ2n) is 4.39. The first-order valence-corrected chi connectivity index (χ1v) is 7.71. The Morgan fingerprint density at radius 1 is 1.32 bits per heavy atom. The maximum Gasteiger partial charge on any atom is 0.279 e. The molecule has 0 aliphatic rings. The molecule has 22 heavy (non-hydrogen) atoms. The molecule has 0 saturated heterocycles. The molecule has 0 saturated carbocycles. The van der Waals surface area contributed by atoms with Gasteiger partial charge in [0.25, 0.3) is 5.91 Å². The average molecular weight is 335 g/mol. The predicted octanol–water partition coefficient (Wildman–Crippen LogP) is 3.66. The second kappa shape index (κ2) is 6.25. The summed E-state index contributed by atoms with van der Waals surface area (Å²) in [5, 5.41) is 16.2. The number of carbonyl (C=O) groups is 1. The van der Waals surface area contributed by atoms with Gasteiger partial charge >= 0.3 is 0 Å². The van der Waals surface area contributed by atoms with E-state index in [1.165, 1.54) is 11.3 Å². The van der Waals surface area contributed by atoms with Crippen molar-refractivity contribution >= 4 is 34.0 Å². The molecule has 0 bridgehead atoms. The quantitative estimate of drug-likeness (QED) is 0.787. The number of hydrogen-bond donors (Lipinski definition) is 1. The zero-order valence-corrected chi connectivity index (χ0v) is 13.1. The molecule has 0 atom stereocenters. The topological polar surface area (TPSA) is 80.9 Å². The number of nitrogens with one attached hydrogen (secondary N) is 1. The van der Waals surface area contributed by atoms with Crippen LogP contribution in [0.25, 0.3) is 11.3 Å². The molecular formula is C14H11ClN4O2S. The summed E-state index contributed by atoms with van der Waals surface area (Å²) in [4.78, 5) is 12.1. The SMILES string of the molecule is CCc1nnc(NC(=O)c2cc(-c3ccc(Cl)cc3)on2)s1. The molecule has 1 aromatic carbocycles. The summed E-state index contributed by atoms with van der Waals surface area (Å²) in [5.74, 6) is 0.107. The third kappa shape index (κ3) is 3.15. The van der Waals surface area contributed by atoms with Gasteiger partial charge in [-0.15, -0.1) is 10.2 Å². The normalized spacial score (nSPS) is 10.6. The van der Waals surface area contributed by atoms with Crippen molar-refractivity contribution in [1.82, 2.24) is 15.4 Å².